The van der Waals surface area contributed by atoms with E-state index in [0.717, 1.165) is 36.6 Å². The summed E-state index contributed by atoms with van der Waals surface area (Å²) < 4.78 is 67.6. The van der Waals surface area contributed by atoms with Gasteiger partial charge in [0.2, 0.25) is 5.91 Å². The number of fused-ring (bicyclic) bond motifs is 3. The first-order valence-corrected chi connectivity index (χ1v) is 15.1. The van der Waals surface area contributed by atoms with Crippen LogP contribution in [0.4, 0.5) is 19.0 Å². The van der Waals surface area contributed by atoms with Crippen LogP contribution < -0.4 is 15.4 Å². The number of carbonyl (C=O) groups excluding carboxylic acids is 2. The molecule has 39 heavy (non-hydrogen) atoms. The highest BCUT2D eigenvalue weighted by Gasteiger charge is 2.46. The zero-order valence-electron chi connectivity index (χ0n) is 21.6. The first kappa shape index (κ1) is 27.5. The second-order valence-corrected chi connectivity index (χ2v) is 13.0. The largest absolute Gasteiger partial charge is 0.494 e. The molecule has 0 saturated heterocycles. The van der Waals surface area contributed by atoms with Crippen LogP contribution in [0, 0.1) is 5.92 Å². The first-order valence-electron chi connectivity index (χ1n) is 13.0. The Bertz CT molecular complexity index is 1400. The van der Waals surface area contributed by atoms with Gasteiger partial charge in [0.15, 0.2) is 9.84 Å². The lowest BCUT2D eigenvalue weighted by Crippen LogP contribution is -2.49. The third-order valence-corrected chi connectivity index (χ3v) is 8.24. The Morgan fingerprint density at radius 2 is 2.08 bits per heavy atom. The summed E-state index contributed by atoms with van der Waals surface area (Å²) in [5.74, 6) is -0.547. The molecule has 1 spiro atoms. The lowest BCUT2D eigenvalue weighted by atomic mass is 9.82. The predicted octanol–water partition coefficient (Wildman–Crippen LogP) is 3.52. The number of aryl methyl sites for hydroxylation is 2. The number of alkyl halides is 3. The molecular weight excluding hydrogens is 537 g/mol. The van der Waals surface area contributed by atoms with Crippen LogP contribution in [0.1, 0.15) is 65.7 Å². The number of halogens is 3. The minimum absolute atomic E-state index is 0.0460. The standard InChI is InChI=1S/C26H31F3N4O5S/c1-39(36,37)15-21(34)30-23-22-20(32-33(23)11-8-16-3-4-16)14-25(31-24(22)35)10-7-17-13-18(5-6-19(17)25)38-12-2-9-26(27,28)29/h5-6,13,16H,2-4,7-12,14-15H2,1H3,(H,30,34)(H,31,35)/t25-/m1/s1. The number of aromatic nitrogens is 2. The fourth-order valence-corrected chi connectivity index (χ4v) is 6.03. The van der Waals surface area contributed by atoms with Crippen molar-refractivity contribution in [2.75, 3.05) is 23.9 Å². The molecule has 212 valence electrons. The van der Waals surface area contributed by atoms with E-state index in [2.05, 4.69) is 10.6 Å². The summed E-state index contributed by atoms with van der Waals surface area (Å²) in [4.78, 5) is 26.0. The molecule has 9 nitrogen and oxygen atoms in total. The maximum atomic E-state index is 13.5. The van der Waals surface area contributed by atoms with Gasteiger partial charge >= 0.3 is 6.18 Å². The molecule has 1 aliphatic heterocycles. The van der Waals surface area contributed by atoms with Gasteiger partial charge in [-0.05, 0) is 54.9 Å². The van der Waals surface area contributed by atoms with Crippen molar-refractivity contribution in [1.82, 2.24) is 15.1 Å². The van der Waals surface area contributed by atoms with Gasteiger partial charge in [0.25, 0.3) is 5.91 Å². The van der Waals surface area contributed by atoms with Crippen LogP contribution in [-0.2, 0) is 39.6 Å². The summed E-state index contributed by atoms with van der Waals surface area (Å²) in [6.07, 6.45) is 0.466. The van der Waals surface area contributed by atoms with Gasteiger partial charge in [0, 0.05) is 25.6 Å². The van der Waals surface area contributed by atoms with E-state index >= 15 is 0 Å². The SMILES string of the molecule is CS(=O)(=O)CC(=O)Nc1c2c(nn1CCC1CC1)C[C@@]1(CCc3cc(OCCCC(F)(F)F)ccc31)NC2=O. The van der Waals surface area contributed by atoms with Gasteiger partial charge in [-0.25, -0.2) is 13.1 Å². The molecule has 1 aromatic heterocycles. The molecule has 1 fully saturated rings. The number of hydrogen-bond acceptors (Lipinski definition) is 6. The molecule has 13 heteroatoms. The van der Waals surface area contributed by atoms with Gasteiger partial charge < -0.3 is 15.4 Å². The van der Waals surface area contributed by atoms with E-state index in [-0.39, 0.29) is 24.4 Å². The monoisotopic (exact) mass is 568 g/mol. The van der Waals surface area contributed by atoms with Crippen molar-refractivity contribution in [3.63, 3.8) is 0 Å². The molecule has 2 heterocycles. The van der Waals surface area contributed by atoms with Gasteiger partial charge in [-0.1, -0.05) is 18.9 Å². The number of amides is 2. The van der Waals surface area contributed by atoms with Gasteiger partial charge in [-0.3, -0.25) is 9.59 Å². The van der Waals surface area contributed by atoms with Crippen molar-refractivity contribution in [3.8, 4) is 5.75 Å². The van der Waals surface area contributed by atoms with Crippen LogP contribution in [0.15, 0.2) is 18.2 Å². The van der Waals surface area contributed by atoms with Crippen LogP contribution in [-0.4, -0.2) is 54.8 Å². The van der Waals surface area contributed by atoms with Crippen molar-refractivity contribution in [3.05, 3.63) is 40.6 Å². The molecule has 2 N–H and O–H groups in total. The van der Waals surface area contributed by atoms with E-state index in [1.165, 1.54) is 0 Å². The van der Waals surface area contributed by atoms with Crippen LogP contribution in [0.3, 0.4) is 0 Å². The second-order valence-electron chi connectivity index (χ2n) is 10.8. The molecule has 3 aliphatic rings. The molecule has 0 bridgehead atoms. The third kappa shape index (κ3) is 6.39. The predicted molar refractivity (Wildman–Crippen MR) is 136 cm³/mol. The molecule has 2 amide bonds. The van der Waals surface area contributed by atoms with Crippen LogP contribution >= 0.6 is 0 Å². The summed E-state index contributed by atoms with van der Waals surface area (Å²) in [7, 11) is -3.56. The van der Waals surface area contributed by atoms with Crippen LogP contribution in [0.25, 0.3) is 0 Å². The summed E-state index contributed by atoms with van der Waals surface area (Å²) in [6, 6.07) is 5.35. The number of rotatable bonds is 10. The maximum absolute atomic E-state index is 13.5. The molecular formula is C26H31F3N4O5S. The quantitative estimate of drug-likeness (QED) is 0.424. The topological polar surface area (TPSA) is 119 Å². The summed E-state index contributed by atoms with van der Waals surface area (Å²) >= 11 is 0. The molecule has 1 aromatic carbocycles. The maximum Gasteiger partial charge on any atom is 0.389 e. The third-order valence-electron chi connectivity index (χ3n) is 7.46. The average molecular weight is 569 g/mol. The van der Waals surface area contributed by atoms with Crippen molar-refractivity contribution in [2.24, 2.45) is 5.92 Å². The van der Waals surface area contributed by atoms with Crippen LogP contribution in [0.5, 0.6) is 5.75 Å². The average Bonchev–Trinajstić information content (AvgIpc) is 3.51. The summed E-state index contributed by atoms with van der Waals surface area (Å²) in [6.45, 7) is 0.452. The molecule has 0 unspecified atom stereocenters. The van der Waals surface area contributed by atoms with E-state index in [4.69, 9.17) is 9.84 Å². The Morgan fingerprint density at radius 3 is 2.77 bits per heavy atom. The highest BCUT2D eigenvalue weighted by Crippen LogP contribution is 2.44. The zero-order chi connectivity index (χ0) is 28.0. The number of benzene rings is 1. The minimum atomic E-state index is -4.22. The highest BCUT2D eigenvalue weighted by molar-refractivity contribution is 7.91. The number of hydrogen-bond donors (Lipinski definition) is 2. The summed E-state index contributed by atoms with van der Waals surface area (Å²) in [5.41, 5.74) is 1.92. The number of carbonyl (C=O) groups is 2. The second kappa shape index (κ2) is 10.1. The highest BCUT2D eigenvalue weighted by atomic mass is 32.2. The molecule has 0 radical (unpaired) electrons. The number of ether oxygens (including phenoxy) is 1. The molecule has 2 aliphatic carbocycles. The number of sulfone groups is 1. The lowest BCUT2D eigenvalue weighted by Gasteiger charge is -2.35. The van der Waals surface area contributed by atoms with E-state index < -0.39 is 45.5 Å². The normalized spacial score (nSPS) is 20.5. The lowest BCUT2D eigenvalue weighted by molar-refractivity contribution is -0.136. The van der Waals surface area contributed by atoms with Gasteiger partial charge in [-0.15, -0.1) is 0 Å². The fraction of sp³-hybridized carbons (Fsp3) is 0.577. The van der Waals surface area contributed by atoms with Crippen LogP contribution in [0.2, 0.25) is 0 Å². The van der Waals surface area contributed by atoms with E-state index in [1.54, 1.807) is 10.7 Å². The smallest absolute Gasteiger partial charge is 0.389 e. The Hall–Kier alpha value is -3.09. The van der Waals surface area contributed by atoms with Gasteiger partial charge in [-0.2, -0.15) is 18.3 Å². The Labute approximate surface area is 224 Å². The van der Waals surface area contributed by atoms with E-state index in [0.29, 0.717) is 43.2 Å². The Balaban J connectivity index is 1.37. The zero-order valence-corrected chi connectivity index (χ0v) is 22.4. The first-order chi connectivity index (χ1) is 18.3. The number of nitrogens with zero attached hydrogens (tertiary/aromatic N) is 2. The van der Waals surface area contributed by atoms with Gasteiger partial charge in [0.1, 0.15) is 22.9 Å². The number of nitrogens with one attached hydrogen (secondary N) is 2. The molecule has 5 rings (SSSR count). The van der Waals surface area contributed by atoms with E-state index in [9.17, 15) is 31.2 Å². The van der Waals surface area contributed by atoms with Crippen molar-refractivity contribution >= 4 is 27.5 Å². The minimum Gasteiger partial charge on any atom is -0.494 e. The fourth-order valence-electron chi connectivity index (χ4n) is 5.48. The Morgan fingerprint density at radius 1 is 1.31 bits per heavy atom. The van der Waals surface area contributed by atoms with Crippen molar-refractivity contribution < 1.29 is 35.9 Å². The van der Waals surface area contributed by atoms with Gasteiger partial charge in [0.05, 0.1) is 17.8 Å². The number of anilines is 1. The molecule has 1 saturated carbocycles. The van der Waals surface area contributed by atoms with Crippen molar-refractivity contribution in [1.29, 1.82) is 0 Å². The molecule has 2 aromatic rings. The Kier molecular flexibility index (Phi) is 7.15. The molecule has 1 atom stereocenters. The summed E-state index contributed by atoms with van der Waals surface area (Å²) in [5, 5.41) is 10.4. The van der Waals surface area contributed by atoms with Crippen molar-refractivity contribution in [2.45, 2.75) is 69.6 Å². The van der Waals surface area contributed by atoms with E-state index in [1.807, 2.05) is 12.1 Å².